The van der Waals surface area contributed by atoms with Gasteiger partial charge in [0.2, 0.25) is 15.9 Å². The SMILES string of the molecule is Cc1oc(-c2ccc(F)cc2)nc1COc1ccc(S(=O)(=O)N2CC[C@H]2OC(=O)O)cc1. The Bertz CT molecular complexity index is 1220. The first kappa shape index (κ1) is 21.8. The van der Waals surface area contributed by atoms with Gasteiger partial charge in [0.1, 0.15) is 29.6 Å². The maximum absolute atomic E-state index is 13.1. The van der Waals surface area contributed by atoms with Gasteiger partial charge in [-0.1, -0.05) is 0 Å². The van der Waals surface area contributed by atoms with Crippen LogP contribution in [0.5, 0.6) is 5.75 Å². The number of nitrogens with zero attached hydrogens (tertiary/aromatic N) is 2. The van der Waals surface area contributed by atoms with E-state index in [0.29, 0.717) is 35.1 Å². The van der Waals surface area contributed by atoms with Gasteiger partial charge in [-0.2, -0.15) is 4.31 Å². The normalized spacial score (nSPS) is 16.4. The summed E-state index contributed by atoms with van der Waals surface area (Å²) in [6.07, 6.45) is -2.23. The van der Waals surface area contributed by atoms with E-state index >= 15 is 0 Å². The van der Waals surface area contributed by atoms with Crippen molar-refractivity contribution in [2.45, 2.75) is 31.1 Å². The summed E-state index contributed by atoms with van der Waals surface area (Å²) in [5.41, 5.74) is 1.18. The van der Waals surface area contributed by atoms with E-state index in [9.17, 15) is 17.6 Å². The fourth-order valence-electron chi connectivity index (χ4n) is 3.12. The summed E-state index contributed by atoms with van der Waals surface area (Å²) < 4.78 is 55.3. The number of hydrogen-bond acceptors (Lipinski definition) is 7. The molecule has 1 atom stereocenters. The molecule has 2 aromatic carbocycles. The smallest absolute Gasteiger partial charge is 0.487 e. The van der Waals surface area contributed by atoms with E-state index in [-0.39, 0.29) is 23.9 Å². The van der Waals surface area contributed by atoms with Gasteiger partial charge in [0, 0.05) is 18.5 Å². The number of carboxylic acid groups (broad SMARTS) is 1. The summed E-state index contributed by atoms with van der Waals surface area (Å²) in [6, 6.07) is 11.5. The highest BCUT2D eigenvalue weighted by Gasteiger charge is 2.41. The van der Waals surface area contributed by atoms with E-state index in [2.05, 4.69) is 9.72 Å². The molecule has 32 heavy (non-hydrogen) atoms. The highest BCUT2D eigenvalue weighted by atomic mass is 32.2. The molecule has 1 aliphatic rings. The first-order chi connectivity index (χ1) is 15.2. The number of hydrogen-bond donors (Lipinski definition) is 1. The molecule has 168 valence electrons. The van der Waals surface area contributed by atoms with Crippen LogP contribution in [0, 0.1) is 12.7 Å². The molecule has 1 fully saturated rings. The van der Waals surface area contributed by atoms with Crippen molar-refractivity contribution in [3.8, 4) is 17.2 Å². The second-order valence-corrected chi connectivity index (χ2v) is 8.92. The highest BCUT2D eigenvalue weighted by molar-refractivity contribution is 7.89. The Morgan fingerprint density at radius 1 is 1.22 bits per heavy atom. The van der Waals surface area contributed by atoms with Crippen LogP contribution in [0.15, 0.2) is 57.8 Å². The number of aryl methyl sites for hydroxylation is 1. The molecule has 11 heteroatoms. The van der Waals surface area contributed by atoms with Crippen LogP contribution in [0.3, 0.4) is 0 Å². The van der Waals surface area contributed by atoms with Crippen molar-refractivity contribution in [1.82, 2.24) is 9.29 Å². The third kappa shape index (κ3) is 4.43. The van der Waals surface area contributed by atoms with E-state index in [0.717, 1.165) is 4.31 Å². The zero-order valence-electron chi connectivity index (χ0n) is 16.9. The van der Waals surface area contributed by atoms with E-state index in [1.165, 1.54) is 36.4 Å². The number of aromatic nitrogens is 1. The van der Waals surface area contributed by atoms with Crippen molar-refractivity contribution < 1.29 is 36.6 Å². The van der Waals surface area contributed by atoms with E-state index in [1.807, 2.05) is 0 Å². The zero-order valence-corrected chi connectivity index (χ0v) is 17.7. The Morgan fingerprint density at radius 3 is 2.50 bits per heavy atom. The second kappa shape index (κ2) is 8.60. The summed E-state index contributed by atoms with van der Waals surface area (Å²) in [5.74, 6) is 0.947. The van der Waals surface area contributed by atoms with Crippen molar-refractivity contribution in [2.24, 2.45) is 0 Å². The van der Waals surface area contributed by atoms with E-state index in [1.54, 1.807) is 19.1 Å². The first-order valence-electron chi connectivity index (χ1n) is 9.60. The lowest BCUT2D eigenvalue weighted by Gasteiger charge is -2.37. The van der Waals surface area contributed by atoms with Gasteiger partial charge < -0.3 is 19.0 Å². The molecule has 0 aliphatic carbocycles. The van der Waals surface area contributed by atoms with Crippen LogP contribution in [0.4, 0.5) is 9.18 Å². The number of benzene rings is 2. The van der Waals surface area contributed by atoms with Crippen molar-refractivity contribution in [2.75, 3.05) is 6.54 Å². The molecule has 4 rings (SSSR count). The van der Waals surface area contributed by atoms with Gasteiger partial charge >= 0.3 is 6.16 Å². The zero-order chi connectivity index (χ0) is 22.9. The number of rotatable bonds is 7. The van der Waals surface area contributed by atoms with Gasteiger partial charge in [-0.25, -0.2) is 22.6 Å². The second-order valence-electron chi connectivity index (χ2n) is 7.03. The Kier molecular flexibility index (Phi) is 5.85. The molecule has 0 bridgehead atoms. The lowest BCUT2D eigenvalue weighted by atomic mass is 10.2. The molecule has 0 radical (unpaired) electrons. The molecule has 3 aromatic rings. The quantitative estimate of drug-likeness (QED) is 0.527. The molecule has 1 aliphatic heterocycles. The van der Waals surface area contributed by atoms with E-state index < -0.39 is 22.4 Å². The lowest BCUT2D eigenvalue weighted by Crippen LogP contribution is -2.52. The third-order valence-corrected chi connectivity index (χ3v) is 6.85. The molecular weight excluding hydrogens is 443 g/mol. The largest absolute Gasteiger partial charge is 0.507 e. The van der Waals surface area contributed by atoms with Crippen molar-refractivity contribution in [3.63, 3.8) is 0 Å². The molecule has 0 amide bonds. The maximum Gasteiger partial charge on any atom is 0.507 e. The molecule has 1 aromatic heterocycles. The molecule has 1 saturated heterocycles. The Labute approximate surface area is 183 Å². The van der Waals surface area contributed by atoms with Crippen LogP contribution >= 0.6 is 0 Å². The van der Waals surface area contributed by atoms with Crippen LogP contribution in [0.1, 0.15) is 17.9 Å². The van der Waals surface area contributed by atoms with Crippen LogP contribution in [-0.4, -0.2) is 41.7 Å². The maximum atomic E-state index is 13.1. The summed E-state index contributed by atoms with van der Waals surface area (Å²) in [4.78, 5) is 15.1. The van der Waals surface area contributed by atoms with Crippen molar-refractivity contribution in [1.29, 1.82) is 0 Å². The molecule has 0 spiro atoms. The van der Waals surface area contributed by atoms with Crippen LogP contribution in [-0.2, 0) is 21.4 Å². The molecule has 2 heterocycles. The van der Waals surface area contributed by atoms with Crippen LogP contribution in [0.25, 0.3) is 11.5 Å². The lowest BCUT2D eigenvalue weighted by molar-refractivity contribution is -0.0490. The fourth-order valence-corrected chi connectivity index (χ4v) is 4.68. The minimum Gasteiger partial charge on any atom is -0.487 e. The minimum absolute atomic E-state index is 0.000230. The van der Waals surface area contributed by atoms with Crippen LogP contribution in [0.2, 0.25) is 0 Å². The Balaban J connectivity index is 1.41. The van der Waals surface area contributed by atoms with Gasteiger partial charge in [0.25, 0.3) is 0 Å². The molecule has 9 nitrogen and oxygen atoms in total. The highest BCUT2D eigenvalue weighted by Crippen LogP contribution is 2.29. The molecule has 0 saturated carbocycles. The van der Waals surface area contributed by atoms with E-state index in [4.69, 9.17) is 14.3 Å². The van der Waals surface area contributed by atoms with Gasteiger partial charge in [-0.3, -0.25) is 0 Å². The van der Waals surface area contributed by atoms with Gasteiger partial charge in [-0.15, -0.1) is 0 Å². The predicted octanol–water partition coefficient (Wildman–Crippen LogP) is 3.78. The fraction of sp³-hybridized carbons (Fsp3) is 0.238. The summed E-state index contributed by atoms with van der Waals surface area (Å²) in [5, 5.41) is 8.70. The average Bonchev–Trinajstić information content (AvgIpc) is 3.10. The predicted molar refractivity (Wildman–Crippen MR) is 109 cm³/mol. The standard InChI is InChI=1S/C21H19FN2O7S/c1-13-18(23-20(30-13)14-2-4-15(22)5-3-14)12-29-16-6-8-17(9-7-16)32(27,28)24-11-10-19(24)31-21(25)26/h2-9,19H,10-12H2,1H3,(H,25,26)/t19-/m1/s1. The van der Waals surface area contributed by atoms with Crippen molar-refractivity contribution >= 4 is 16.2 Å². The van der Waals surface area contributed by atoms with Gasteiger partial charge in [-0.05, 0) is 55.5 Å². The Morgan fingerprint density at radius 2 is 1.91 bits per heavy atom. The van der Waals surface area contributed by atoms with Crippen molar-refractivity contribution in [3.05, 3.63) is 65.8 Å². The van der Waals surface area contributed by atoms with Gasteiger partial charge in [0.05, 0.1) is 4.90 Å². The average molecular weight is 462 g/mol. The molecular formula is C21H19FN2O7S. The molecule has 1 N–H and O–H groups in total. The monoisotopic (exact) mass is 462 g/mol. The minimum atomic E-state index is -3.88. The summed E-state index contributed by atoms with van der Waals surface area (Å²) in [7, 11) is -3.88. The van der Waals surface area contributed by atoms with Crippen LogP contribution < -0.4 is 4.74 Å². The number of sulfonamides is 1. The number of ether oxygens (including phenoxy) is 2. The number of oxazole rings is 1. The first-order valence-corrected chi connectivity index (χ1v) is 11.0. The summed E-state index contributed by atoms with van der Waals surface area (Å²) >= 11 is 0. The molecule has 0 unspecified atom stereocenters. The third-order valence-electron chi connectivity index (χ3n) is 4.94. The number of halogens is 1. The Hall–Kier alpha value is -3.44. The number of carbonyl (C=O) groups is 1. The summed E-state index contributed by atoms with van der Waals surface area (Å²) in [6.45, 7) is 2.00. The van der Waals surface area contributed by atoms with Gasteiger partial charge in [0.15, 0.2) is 6.23 Å². The topological polar surface area (TPSA) is 119 Å².